The summed E-state index contributed by atoms with van der Waals surface area (Å²) < 4.78 is 1.90. The number of rotatable bonds is 1. The van der Waals surface area contributed by atoms with Crippen LogP contribution in [0.3, 0.4) is 0 Å². The van der Waals surface area contributed by atoms with E-state index in [0.29, 0.717) is 0 Å². The van der Waals surface area contributed by atoms with Gasteiger partial charge in [-0.05, 0) is 6.92 Å². The van der Waals surface area contributed by atoms with Gasteiger partial charge < -0.3 is 4.57 Å². The van der Waals surface area contributed by atoms with Crippen molar-refractivity contribution in [3.05, 3.63) is 30.7 Å². The molecule has 2 heterocycles. The van der Waals surface area contributed by atoms with Crippen molar-refractivity contribution in [2.75, 3.05) is 0 Å². The smallest absolute Gasteiger partial charge is 0.115 e. The molecule has 66 valence electrons. The summed E-state index contributed by atoms with van der Waals surface area (Å²) >= 11 is 0. The van der Waals surface area contributed by atoms with E-state index in [0.717, 1.165) is 17.0 Å². The van der Waals surface area contributed by atoms with Gasteiger partial charge in [-0.1, -0.05) is 0 Å². The predicted molar refractivity (Wildman–Crippen MR) is 49.0 cm³/mol. The van der Waals surface area contributed by atoms with Crippen LogP contribution in [0.2, 0.25) is 0 Å². The molecule has 0 radical (unpaired) electrons. The highest BCUT2D eigenvalue weighted by Gasteiger charge is 2.04. The fourth-order valence-electron chi connectivity index (χ4n) is 1.19. The maximum Gasteiger partial charge on any atom is 0.115 e. The Morgan fingerprint density at radius 3 is 2.77 bits per heavy atom. The van der Waals surface area contributed by atoms with Gasteiger partial charge in [0.25, 0.3) is 0 Å². The molecule has 2 rings (SSSR count). The summed E-state index contributed by atoms with van der Waals surface area (Å²) in [7, 11) is 1.94. The number of aromatic nitrogens is 4. The highest BCUT2D eigenvalue weighted by Crippen LogP contribution is 2.17. The van der Waals surface area contributed by atoms with Crippen LogP contribution in [0.4, 0.5) is 0 Å². The van der Waals surface area contributed by atoms with E-state index in [1.165, 1.54) is 0 Å². The second kappa shape index (κ2) is 2.97. The second-order valence-electron chi connectivity index (χ2n) is 2.95. The number of hydrogen-bond acceptors (Lipinski definition) is 3. The molecule has 0 unspecified atom stereocenters. The molecule has 0 saturated heterocycles. The number of nitrogens with zero attached hydrogens (tertiary/aromatic N) is 4. The quantitative estimate of drug-likeness (QED) is 0.652. The highest BCUT2D eigenvalue weighted by atomic mass is 15.0. The van der Waals surface area contributed by atoms with Crippen LogP contribution < -0.4 is 0 Å². The van der Waals surface area contributed by atoms with Crippen molar-refractivity contribution in [2.45, 2.75) is 6.92 Å². The first kappa shape index (κ1) is 7.91. The average molecular weight is 174 g/mol. The molecular weight excluding hydrogens is 164 g/mol. The molecular formula is C9H10N4. The van der Waals surface area contributed by atoms with Crippen LogP contribution in [0.15, 0.2) is 25.0 Å². The number of hydrogen-bond donors (Lipinski definition) is 0. The zero-order chi connectivity index (χ0) is 9.26. The monoisotopic (exact) mass is 174 g/mol. The summed E-state index contributed by atoms with van der Waals surface area (Å²) in [5.41, 5.74) is 2.86. The maximum atomic E-state index is 4.23. The Hall–Kier alpha value is -1.71. The van der Waals surface area contributed by atoms with E-state index in [-0.39, 0.29) is 0 Å². The molecule has 4 heteroatoms. The molecule has 0 fully saturated rings. The Kier molecular flexibility index (Phi) is 1.81. The van der Waals surface area contributed by atoms with Crippen molar-refractivity contribution in [2.24, 2.45) is 7.05 Å². The Morgan fingerprint density at radius 1 is 1.31 bits per heavy atom. The molecule has 2 aromatic rings. The standard InChI is InChI=1S/C9H10N4/c1-7-8(3-10-5-11-7)9-4-13(2)6-12-9/h3-6H,1-2H3. The molecule has 13 heavy (non-hydrogen) atoms. The molecule has 0 bridgehead atoms. The molecule has 0 aliphatic rings. The van der Waals surface area contributed by atoms with Crippen molar-refractivity contribution >= 4 is 0 Å². The van der Waals surface area contributed by atoms with E-state index >= 15 is 0 Å². The molecule has 0 amide bonds. The van der Waals surface area contributed by atoms with E-state index in [4.69, 9.17) is 0 Å². The van der Waals surface area contributed by atoms with E-state index in [9.17, 15) is 0 Å². The molecule has 0 aliphatic carbocycles. The zero-order valence-electron chi connectivity index (χ0n) is 7.60. The van der Waals surface area contributed by atoms with Crippen molar-refractivity contribution in [3.63, 3.8) is 0 Å². The summed E-state index contributed by atoms with van der Waals surface area (Å²) in [5.74, 6) is 0. The van der Waals surface area contributed by atoms with Gasteiger partial charge in [0.05, 0.1) is 17.7 Å². The first-order chi connectivity index (χ1) is 6.27. The van der Waals surface area contributed by atoms with Crippen molar-refractivity contribution < 1.29 is 0 Å². The van der Waals surface area contributed by atoms with Crippen LogP contribution in [0.25, 0.3) is 11.3 Å². The Balaban J connectivity index is 2.52. The van der Waals surface area contributed by atoms with E-state index in [1.54, 1.807) is 18.9 Å². The van der Waals surface area contributed by atoms with Crippen molar-refractivity contribution in [1.82, 2.24) is 19.5 Å². The predicted octanol–water partition coefficient (Wildman–Crippen LogP) is 1.19. The van der Waals surface area contributed by atoms with Gasteiger partial charge in [0.2, 0.25) is 0 Å². The van der Waals surface area contributed by atoms with Gasteiger partial charge in [-0.3, -0.25) is 0 Å². The zero-order valence-corrected chi connectivity index (χ0v) is 7.60. The highest BCUT2D eigenvalue weighted by molar-refractivity contribution is 5.59. The average Bonchev–Trinajstić information content (AvgIpc) is 2.53. The van der Waals surface area contributed by atoms with Gasteiger partial charge in [-0.2, -0.15) is 0 Å². The topological polar surface area (TPSA) is 43.6 Å². The van der Waals surface area contributed by atoms with Gasteiger partial charge in [0.15, 0.2) is 0 Å². The van der Waals surface area contributed by atoms with E-state index in [1.807, 2.05) is 24.7 Å². The lowest BCUT2D eigenvalue weighted by Gasteiger charge is -1.98. The number of imidazole rings is 1. The normalized spacial score (nSPS) is 10.3. The fourth-order valence-corrected chi connectivity index (χ4v) is 1.19. The molecule has 0 aliphatic heterocycles. The Morgan fingerprint density at radius 2 is 2.15 bits per heavy atom. The third-order valence-corrected chi connectivity index (χ3v) is 1.89. The SMILES string of the molecule is Cc1ncncc1-c1cn(C)cn1. The third-order valence-electron chi connectivity index (χ3n) is 1.89. The minimum Gasteiger partial charge on any atom is -0.340 e. The first-order valence-corrected chi connectivity index (χ1v) is 4.02. The summed E-state index contributed by atoms with van der Waals surface area (Å²) in [6.07, 6.45) is 7.04. The summed E-state index contributed by atoms with van der Waals surface area (Å²) in [6.45, 7) is 1.95. The lowest BCUT2D eigenvalue weighted by molar-refractivity contribution is 0.913. The van der Waals surface area contributed by atoms with Crippen LogP contribution in [-0.4, -0.2) is 19.5 Å². The first-order valence-electron chi connectivity index (χ1n) is 4.02. The molecule has 2 aromatic heterocycles. The molecule has 0 atom stereocenters. The molecule has 0 N–H and O–H groups in total. The number of aryl methyl sites for hydroxylation is 2. The summed E-state index contributed by atoms with van der Waals surface area (Å²) in [4.78, 5) is 12.3. The summed E-state index contributed by atoms with van der Waals surface area (Å²) in [6, 6.07) is 0. The van der Waals surface area contributed by atoms with Gasteiger partial charge in [-0.25, -0.2) is 15.0 Å². The van der Waals surface area contributed by atoms with Gasteiger partial charge in [-0.15, -0.1) is 0 Å². The van der Waals surface area contributed by atoms with Crippen LogP contribution >= 0.6 is 0 Å². The minimum absolute atomic E-state index is 0.917. The molecule has 0 saturated carbocycles. The lowest BCUT2D eigenvalue weighted by atomic mass is 10.2. The second-order valence-corrected chi connectivity index (χ2v) is 2.95. The fraction of sp³-hybridized carbons (Fsp3) is 0.222. The lowest BCUT2D eigenvalue weighted by Crippen LogP contribution is -1.88. The Bertz CT molecular complexity index is 419. The van der Waals surface area contributed by atoms with Gasteiger partial charge >= 0.3 is 0 Å². The van der Waals surface area contributed by atoms with Crippen LogP contribution in [0.1, 0.15) is 5.69 Å². The molecule has 0 spiro atoms. The van der Waals surface area contributed by atoms with E-state index in [2.05, 4.69) is 15.0 Å². The largest absolute Gasteiger partial charge is 0.340 e. The molecule has 4 nitrogen and oxygen atoms in total. The van der Waals surface area contributed by atoms with Gasteiger partial charge in [0, 0.05) is 25.0 Å². The maximum absolute atomic E-state index is 4.23. The third kappa shape index (κ3) is 1.42. The Labute approximate surface area is 76.3 Å². The van der Waals surface area contributed by atoms with E-state index < -0.39 is 0 Å². The minimum atomic E-state index is 0.917. The molecule has 0 aromatic carbocycles. The van der Waals surface area contributed by atoms with Crippen molar-refractivity contribution in [3.8, 4) is 11.3 Å². The van der Waals surface area contributed by atoms with Crippen LogP contribution in [0, 0.1) is 6.92 Å². The van der Waals surface area contributed by atoms with Crippen LogP contribution in [-0.2, 0) is 7.05 Å². The van der Waals surface area contributed by atoms with Gasteiger partial charge in [0.1, 0.15) is 6.33 Å². The summed E-state index contributed by atoms with van der Waals surface area (Å²) in [5, 5.41) is 0. The van der Waals surface area contributed by atoms with Crippen molar-refractivity contribution in [1.29, 1.82) is 0 Å². The van der Waals surface area contributed by atoms with Crippen LogP contribution in [0.5, 0.6) is 0 Å².